The van der Waals surface area contributed by atoms with Gasteiger partial charge < -0.3 is 14.9 Å². The first-order valence-electron chi connectivity index (χ1n) is 10.4. The number of aliphatic hydroxyl groups is 1. The molecular formula is C20H28F3N5O2. The molecule has 0 radical (unpaired) electrons. The Morgan fingerprint density at radius 3 is 2.90 bits per heavy atom. The highest BCUT2D eigenvalue weighted by Crippen LogP contribution is 2.46. The van der Waals surface area contributed by atoms with Crippen LogP contribution in [0.2, 0.25) is 0 Å². The number of nitrogens with one attached hydrogen (secondary N) is 2. The van der Waals surface area contributed by atoms with E-state index in [4.69, 9.17) is 0 Å². The molecule has 1 aromatic rings. The molecule has 1 saturated carbocycles. The number of hydrazine groups is 1. The van der Waals surface area contributed by atoms with Crippen LogP contribution in [0.5, 0.6) is 0 Å². The summed E-state index contributed by atoms with van der Waals surface area (Å²) >= 11 is 0. The van der Waals surface area contributed by atoms with Crippen LogP contribution in [-0.4, -0.2) is 72.4 Å². The second kappa shape index (κ2) is 8.32. The lowest BCUT2D eigenvalue weighted by Gasteiger charge is -2.50. The minimum atomic E-state index is -4.43. The van der Waals surface area contributed by atoms with E-state index in [1.165, 1.54) is 0 Å². The maximum Gasteiger partial charge on any atom is 0.406 e. The van der Waals surface area contributed by atoms with Gasteiger partial charge >= 0.3 is 6.18 Å². The molecule has 3 fully saturated rings. The Labute approximate surface area is 173 Å². The number of aliphatic hydroxyl groups excluding tert-OH is 1. The number of likely N-dealkylation sites (tertiary alicyclic amines) is 1. The van der Waals surface area contributed by atoms with Gasteiger partial charge in [0.15, 0.2) is 0 Å². The maximum absolute atomic E-state index is 13.3. The molecule has 166 valence electrons. The lowest BCUT2D eigenvalue weighted by Crippen LogP contribution is -2.63. The lowest BCUT2D eigenvalue weighted by atomic mass is 9.67. The number of pyridine rings is 1. The van der Waals surface area contributed by atoms with Crippen LogP contribution < -0.4 is 15.8 Å². The Morgan fingerprint density at radius 1 is 1.37 bits per heavy atom. The third-order valence-electron chi connectivity index (χ3n) is 6.76. The van der Waals surface area contributed by atoms with Crippen LogP contribution in [-0.2, 0) is 4.79 Å². The number of anilines is 1. The maximum atomic E-state index is 13.3. The summed E-state index contributed by atoms with van der Waals surface area (Å²) in [6.45, 7) is -0.436. The number of carbonyl (C=O) groups excluding carboxylic acids is 1. The Kier molecular flexibility index (Phi) is 5.91. The number of hydrogen-bond donors (Lipinski definition) is 3. The predicted octanol–water partition coefficient (Wildman–Crippen LogP) is 1.26. The minimum absolute atomic E-state index is 0.00513. The molecule has 3 N–H and O–H groups in total. The molecule has 5 atom stereocenters. The van der Waals surface area contributed by atoms with Crippen LogP contribution in [0, 0.1) is 11.8 Å². The van der Waals surface area contributed by atoms with Crippen molar-refractivity contribution in [1.29, 1.82) is 0 Å². The summed E-state index contributed by atoms with van der Waals surface area (Å²) in [5.41, 5.74) is 7.08. The fraction of sp³-hybridized carbons (Fsp3) is 0.700. The molecule has 3 heterocycles. The third kappa shape index (κ3) is 4.00. The van der Waals surface area contributed by atoms with Crippen molar-refractivity contribution in [2.45, 2.75) is 43.4 Å². The molecule has 1 aliphatic carbocycles. The number of amides is 1. The van der Waals surface area contributed by atoms with Crippen molar-refractivity contribution in [1.82, 2.24) is 20.7 Å². The molecule has 0 aromatic carbocycles. The molecular weight excluding hydrogens is 399 g/mol. The van der Waals surface area contributed by atoms with Gasteiger partial charge in [-0.05, 0) is 42.7 Å². The van der Waals surface area contributed by atoms with Crippen molar-refractivity contribution >= 4 is 11.7 Å². The highest BCUT2D eigenvalue weighted by molar-refractivity contribution is 5.82. The summed E-state index contributed by atoms with van der Waals surface area (Å²) in [5.74, 6) is -0.143. The number of halogens is 3. The van der Waals surface area contributed by atoms with E-state index in [1.54, 1.807) is 6.20 Å². The summed E-state index contributed by atoms with van der Waals surface area (Å²) in [5, 5.41) is 9.28. The molecule has 0 bridgehead atoms. The first-order chi connectivity index (χ1) is 14.3. The average Bonchev–Trinajstić information content (AvgIpc) is 3.20. The summed E-state index contributed by atoms with van der Waals surface area (Å²) in [6, 6.07) is 3.19. The Bertz CT molecular complexity index is 777. The second-order valence-corrected chi connectivity index (χ2v) is 8.54. The Balaban J connectivity index is 1.63. The van der Waals surface area contributed by atoms with E-state index >= 15 is 0 Å². The van der Waals surface area contributed by atoms with Gasteiger partial charge in [-0.25, -0.2) is 4.98 Å². The number of nitrogens with zero attached hydrogens (tertiary/aromatic N) is 3. The molecule has 1 amide bonds. The van der Waals surface area contributed by atoms with Gasteiger partial charge in [-0.2, -0.15) is 13.2 Å². The minimum Gasteiger partial charge on any atom is -0.395 e. The van der Waals surface area contributed by atoms with Crippen LogP contribution in [0.4, 0.5) is 19.0 Å². The lowest BCUT2D eigenvalue weighted by molar-refractivity contribution is -0.178. The number of rotatable bonds is 5. The van der Waals surface area contributed by atoms with Gasteiger partial charge in [-0.3, -0.25) is 15.6 Å². The van der Waals surface area contributed by atoms with E-state index < -0.39 is 30.6 Å². The van der Waals surface area contributed by atoms with Gasteiger partial charge in [0.1, 0.15) is 12.4 Å². The molecule has 2 saturated heterocycles. The van der Waals surface area contributed by atoms with E-state index in [9.17, 15) is 23.1 Å². The van der Waals surface area contributed by atoms with E-state index in [-0.39, 0.29) is 24.5 Å². The van der Waals surface area contributed by atoms with E-state index in [0.29, 0.717) is 19.5 Å². The molecule has 4 rings (SSSR count). The SMILES string of the molecule is CN(CCO)c1ncccc1C1CCC2C3NNCC3C(=O)N(CC(F)(F)F)C2C1. The number of aromatic nitrogens is 1. The molecule has 2 aliphatic heterocycles. The van der Waals surface area contributed by atoms with Crippen molar-refractivity contribution in [3.63, 3.8) is 0 Å². The summed E-state index contributed by atoms with van der Waals surface area (Å²) < 4.78 is 40.0. The second-order valence-electron chi connectivity index (χ2n) is 8.54. The zero-order valence-corrected chi connectivity index (χ0v) is 16.9. The molecule has 10 heteroatoms. The van der Waals surface area contributed by atoms with E-state index in [2.05, 4.69) is 15.8 Å². The molecule has 7 nitrogen and oxygen atoms in total. The van der Waals surface area contributed by atoms with Gasteiger partial charge in [-0.15, -0.1) is 0 Å². The number of carbonyl (C=O) groups is 1. The van der Waals surface area contributed by atoms with Gasteiger partial charge in [0.05, 0.1) is 12.5 Å². The molecule has 5 unspecified atom stereocenters. The Morgan fingerprint density at radius 2 is 2.17 bits per heavy atom. The topological polar surface area (TPSA) is 80.7 Å². The fourth-order valence-electron chi connectivity index (χ4n) is 5.46. The molecule has 30 heavy (non-hydrogen) atoms. The van der Waals surface area contributed by atoms with Crippen molar-refractivity contribution in [2.24, 2.45) is 11.8 Å². The zero-order chi connectivity index (χ0) is 21.5. The number of fused-ring (bicyclic) bond motifs is 3. The molecule has 0 spiro atoms. The van der Waals surface area contributed by atoms with Gasteiger partial charge in [0.2, 0.25) is 5.91 Å². The number of piperidine rings is 1. The van der Waals surface area contributed by atoms with Gasteiger partial charge in [0, 0.05) is 38.4 Å². The predicted molar refractivity (Wildman–Crippen MR) is 105 cm³/mol. The summed E-state index contributed by atoms with van der Waals surface area (Å²) in [6.07, 6.45) is -0.711. The number of hydrogen-bond acceptors (Lipinski definition) is 6. The van der Waals surface area contributed by atoms with Crippen LogP contribution in [0.25, 0.3) is 0 Å². The standard InChI is InChI=1S/C20H28F3N5O2/c1-27(7-8-29)18-13(3-2-6-24-18)12-4-5-14-16(9-12)28(11-20(21,22)23)19(30)15-10-25-26-17(14)15/h2-3,6,12,14-17,25-26,29H,4-5,7-11H2,1H3. The third-order valence-corrected chi connectivity index (χ3v) is 6.76. The molecule has 3 aliphatic rings. The van der Waals surface area contributed by atoms with Crippen LogP contribution in [0.1, 0.15) is 30.7 Å². The monoisotopic (exact) mass is 427 g/mol. The van der Waals surface area contributed by atoms with Gasteiger partial charge in [-0.1, -0.05) is 6.07 Å². The van der Waals surface area contributed by atoms with Crippen molar-refractivity contribution in [3.05, 3.63) is 23.9 Å². The first kappa shape index (κ1) is 21.3. The van der Waals surface area contributed by atoms with Crippen molar-refractivity contribution in [2.75, 3.05) is 38.2 Å². The highest BCUT2D eigenvalue weighted by atomic mass is 19.4. The quantitative estimate of drug-likeness (QED) is 0.657. The van der Waals surface area contributed by atoms with Gasteiger partial charge in [0.25, 0.3) is 0 Å². The van der Waals surface area contributed by atoms with E-state index in [1.807, 2.05) is 24.1 Å². The first-order valence-corrected chi connectivity index (χ1v) is 10.4. The van der Waals surface area contributed by atoms with Crippen molar-refractivity contribution in [3.8, 4) is 0 Å². The van der Waals surface area contributed by atoms with Crippen LogP contribution in [0.15, 0.2) is 18.3 Å². The molecule has 1 aromatic heterocycles. The fourth-order valence-corrected chi connectivity index (χ4v) is 5.46. The zero-order valence-electron chi connectivity index (χ0n) is 16.9. The highest BCUT2D eigenvalue weighted by Gasteiger charge is 2.54. The number of alkyl halides is 3. The van der Waals surface area contributed by atoms with Crippen LogP contribution >= 0.6 is 0 Å². The Hall–Kier alpha value is -1.91. The largest absolute Gasteiger partial charge is 0.406 e. The smallest absolute Gasteiger partial charge is 0.395 e. The van der Waals surface area contributed by atoms with Crippen molar-refractivity contribution < 1.29 is 23.1 Å². The average molecular weight is 427 g/mol. The van der Waals surface area contributed by atoms with Crippen LogP contribution in [0.3, 0.4) is 0 Å². The van der Waals surface area contributed by atoms with E-state index in [0.717, 1.165) is 29.1 Å². The summed E-state index contributed by atoms with van der Waals surface area (Å²) in [4.78, 5) is 20.3. The summed E-state index contributed by atoms with van der Waals surface area (Å²) in [7, 11) is 1.84. The normalized spacial score (nSPS) is 31.4. The number of likely N-dealkylation sites (N-methyl/N-ethyl adjacent to an activating group) is 1.